The van der Waals surface area contributed by atoms with Gasteiger partial charge in [-0.05, 0) is 59.4 Å². The highest BCUT2D eigenvalue weighted by atomic mass is 16.4. The summed E-state index contributed by atoms with van der Waals surface area (Å²) in [7, 11) is -1.50. The molecule has 0 aliphatic rings. The fraction of sp³-hybridized carbons (Fsp3) is 0.0323. The summed E-state index contributed by atoms with van der Waals surface area (Å²) in [5, 5.41) is 21.6. The first kappa shape index (κ1) is 22.7. The molecule has 1 aromatic heterocycles. The van der Waals surface area contributed by atoms with Crippen LogP contribution in [0.1, 0.15) is 12.5 Å². The van der Waals surface area contributed by atoms with Crippen LogP contribution in [0.15, 0.2) is 121 Å². The van der Waals surface area contributed by atoms with E-state index in [-0.39, 0.29) is 0 Å². The van der Waals surface area contributed by atoms with Gasteiger partial charge in [0, 0.05) is 16.5 Å². The second-order valence-corrected chi connectivity index (χ2v) is 8.45. The Morgan fingerprint density at radius 2 is 1.40 bits per heavy atom. The lowest BCUT2D eigenvalue weighted by Gasteiger charge is -2.12. The molecule has 0 radical (unpaired) electrons. The van der Waals surface area contributed by atoms with Crippen LogP contribution in [0.25, 0.3) is 44.7 Å². The molecule has 170 valence electrons. The highest BCUT2D eigenvalue weighted by Gasteiger charge is 2.17. The topological polar surface area (TPSA) is 45.4 Å². The van der Waals surface area contributed by atoms with Crippen LogP contribution in [-0.4, -0.2) is 21.7 Å². The lowest BCUT2D eigenvalue weighted by Crippen LogP contribution is -2.29. The molecule has 0 fully saturated rings. The van der Waals surface area contributed by atoms with Crippen LogP contribution < -0.4 is 5.46 Å². The Kier molecular flexibility index (Phi) is 6.49. The minimum atomic E-state index is -1.50. The van der Waals surface area contributed by atoms with Gasteiger partial charge in [0.25, 0.3) is 0 Å². The molecule has 0 bridgehead atoms. The summed E-state index contributed by atoms with van der Waals surface area (Å²) < 4.78 is 2.25. The van der Waals surface area contributed by atoms with Gasteiger partial charge in [-0.15, -0.1) is 0 Å². The number of para-hydroxylation sites is 1. The minimum Gasteiger partial charge on any atom is -0.423 e. The molecule has 0 unspecified atom stereocenters. The van der Waals surface area contributed by atoms with Gasteiger partial charge in [-0.3, -0.25) is 0 Å². The van der Waals surface area contributed by atoms with Gasteiger partial charge in [0.15, 0.2) is 0 Å². The molecule has 5 rings (SSSR count). The van der Waals surface area contributed by atoms with E-state index in [1.54, 1.807) is 6.07 Å². The maximum atomic E-state index is 9.75. The molecule has 3 nitrogen and oxygen atoms in total. The summed E-state index contributed by atoms with van der Waals surface area (Å²) in [6, 6.07) is 30.8. The van der Waals surface area contributed by atoms with Crippen LogP contribution in [0.3, 0.4) is 0 Å². The first-order valence-corrected chi connectivity index (χ1v) is 11.7. The standard InChI is InChI=1S/C31H26BNO2/c1-2-3-4-5-7-12-23-19-25(24-13-8-6-9-14-24)21-27(20-23)33-30-16-11-10-15-28(30)29-22-26(32(34)35)17-18-31(29)33/h2-22,34-35H,1H3/b3-2-,5-4-,12-7+. The fourth-order valence-electron chi connectivity index (χ4n) is 4.49. The SMILES string of the molecule is C\C=C/C=C\C=C\c1cc(-c2ccccc2)cc(-n2c3ccccc3c3cc(B(O)O)ccc32)c1. The van der Waals surface area contributed by atoms with Crippen molar-refractivity contribution in [2.45, 2.75) is 6.92 Å². The van der Waals surface area contributed by atoms with Crippen molar-refractivity contribution in [3.05, 3.63) is 127 Å². The van der Waals surface area contributed by atoms with Crippen LogP contribution in [0, 0.1) is 0 Å². The highest BCUT2D eigenvalue weighted by Crippen LogP contribution is 2.33. The summed E-state index contributed by atoms with van der Waals surface area (Å²) in [4.78, 5) is 0. The van der Waals surface area contributed by atoms with E-state index in [9.17, 15) is 10.0 Å². The number of allylic oxidation sites excluding steroid dienone is 5. The monoisotopic (exact) mass is 455 g/mol. The Morgan fingerprint density at radius 1 is 0.657 bits per heavy atom. The maximum Gasteiger partial charge on any atom is 0.488 e. The maximum absolute atomic E-state index is 9.75. The average molecular weight is 455 g/mol. The van der Waals surface area contributed by atoms with Gasteiger partial charge in [-0.2, -0.15) is 0 Å². The molecule has 0 atom stereocenters. The van der Waals surface area contributed by atoms with Crippen molar-refractivity contribution in [3.8, 4) is 16.8 Å². The zero-order valence-electron chi connectivity index (χ0n) is 19.5. The molecular formula is C31H26BNO2. The van der Waals surface area contributed by atoms with Crippen molar-refractivity contribution in [1.29, 1.82) is 0 Å². The molecule has 4 heteroatoms. The summed E-state index contributed by atoms with van der Waals surface area (Å²) in [5.41, 5.74) is 7.00. The Balaban J connectivity index is 1.75. The first-order chi connectivity index (χ1) is 17.2. The third-order valence-corrected chi connectivity index (χ3v) is 6.11. The number of hydrogen-bond acceptors (Lipinski definition) is 2. The molecule has 35 heavy (non-hydrogen) atoms. The Morgan fingerprint density at radius 3 is 2.20 bits per heavy atom. The lowest BCUT2D eigenvalue weighted by molar-refractivity contribution is 0.426. The van der Waals surface area contributed by atoms with E-state index >= 15 is 0 Å². The van der Waals surface area contributed by atoms with Crippen molar-refractivity contribution >= 4 is 40.5 Å². The van der Waals surface area contributed by atoms with Gasteiger partial charge in [-0.25, -0.2) is 0 Å². The molecule has 5 aromatic rings. The van der Waals surface area contributed by atoms with Gasteiger partial charge in [0.1, 0.15) is 0 Å². The molecule has 1 heterocycles. The smallest absolute Gasteiger partial charge is 0.423 e. The summed E-state index contributed by atoms with van der Waals surface area (Å²) in [6.07, 6.45) is 12.2. The number of nitrogens with zero attached hydrogens (tertiary/aromatic N) is 1. The number of hydrogen-bond donors (Lipinski definition) is 2. The van der Waals surface area contributed by atoms with Crippen LogP contribution in [-0.2, 0) is 0 Å². The largest absolute Gasteiger partial charge is 0.488 e. The molecule has 0 aliphatic heterocycles. The number of rotatable bonds is 6. The molecular weight excluding hydrogens is 429 g/mol. The zero-order chi connectivity index (χ0) is 24.2. The van der Waals surface area contributed by atoms with Crippen LogP contribution in [0.5, 0.6) is 0 Å². The molecule has 0 saturated carbocycles. The summed E-state index contributed by atoms with van der Waals surface area (Å²) >= 11 is 0. The molecule has 0 amide bonds. The Hall–Kier alpha value is -4.12. The molecule has 0 spiro atoms. The predicted octanol–water partition coefficient (Wildman–Crippen LogP) is 6.28. The normalized spacial score (nSPS) is 12.1. The van der Waals surface area contributed by atoms with E-state index in [0.29, 0.717) is 5.46 Å². The van der Waals surface area contributed by atoms with E-state index in [2.05, 4.69) is 71.3 Å². The second-order valence-electron chi connectivity index (χ2n) is 8.45. The fourth-order valence-corrected chi connectivity index (χ4v) is 4.49. The second kappa shape index (κ2) is 10.0. The van der Waals surface area contributed by atoms with E-state index < -0.39 is 7.12 Å². The van der Waals surface area contributed by atoms with Crippen LogP contribution in [0.4, 0.5) is 0 Å². The van der Waals surface area contributed by atoms with Crippen molar-refractivity contribution in [1.82, 2.24) is 4.57 Å². The minimum absolute atomic E-state index is 0.481. The molecule has 0 aliphatic carbocycles. The summed E-state index contributed by atoms with van der Waals surface area (Å²) in [5.74, 6) is 0. The van der Waals surface area contributed by atoms with E-state index in [4.69, 9.17) is 0 Å². The molecule has 4 aromatic carbocycles. The van der Waals surface area contributed by atoms with Crippen molar-refractivity contribution in [3.63, 3.8) is 0 Å². The zero-order valence-corrected chi connectivity index (χ0v) is 19.5. The van der Waals surface area contributed by atoms with Gasteiger partial charge in [-0.1, -0.05) is 97.1 Å². The third kappa shape index (κ3) is 4.62. The number of benzene rings is 4. The Labute approximate surface area is 205 Å². The van der Waals surface area contributed by atoms with E-state index in [0.717, 1.165) is 44.2 Å². The van der Waals surface area contributed by atoms with Crippen molar-refractivity contribution in [2.24, 2.45) is 0 Å². The van der Waals surface area contributed by atoms with Gasteiger partial charge < -0.3 is 14.6 Å². The first-order valence-electron chi connectivity index (χ1n) is 11.7. The highest BCUT2D eigenvalue weighted by molar-refractivity contribution is 6.59. The number of fused-ring (bicyclic) bond motifs is 3. The van der Waals surface area contributed by atoms with Gasteiger partial charge in [0.05, 0.1) is 11.0 Å². The van der Waals surface area contributed by atoms with Gasteiger partial charge in [0.2, 0.25) is 0 Å². The van der Waals surface area contributed by atoms with Crippen LogP contribution in [0.2, 0.25) is 0 Å². The number of aromatic nitrogens is 1. The average Bonchev–Trinajstić information content (AvgIpc) is 3.22. The van der Waals surface area contributed by atoms with Gasteiger partial charge >= 0.3 is 7.12 Å². The lowest BCUT2D eigenvalue weighted by atomic mass is 9.80. The third-order valence-electron chi connectivity index (χ3n) is 6.11. The van der Waals surface area contributed by atoms with Crippen molar-refractivity contribution < 1.29 is 10.0 Å². The summed E-state index contributed by atoms with van der Waals surface area (Å²) in [6.45, 7) is 2.00. The Bertz CT molecular complexity index is 1580. The van der Waals surface area contributed by atoms with E-state index in [1.165, 1.54) is 0 Å². The predicted molar refractivity (Wildman–Crippen MR) is 149 cm³/mol. The van der Waals surface area contributed by atoms with Crippen molar-refractivity contribution in [2.75, 3.05) is 0 Å². The van der Waals surface area contributed by atoms with Crippen LogP contribution >= 0.6 is 0 Å². The quantitative estimate of drug-likeness (QED) is 0.234. The van der Waals surface area contributed by atoms with E-state index in [1.807, 2.05) is 61.6 Å². The molecule has 0 saturated heterocycles. The molecule has 2 N–H and O–H groups in total.